The van der Waals surface area contributed by atoms with E-state index in [1.807, 2.05) is 0 Å². The molecule has 0 bridgehead atoms. The van der Waals surface area contributed by atoms with Gasteiger partial charge in [-0.2, -0.15) is 8.42 Å². The van der Waals surface area contributed by atoms with Gasteiger partial charge in [0.25, 0.3) is 0 Å². The first-order valence-electron chi connectivity index (χ1n) is 11.9. The van der Waals surface area contributed by atoms with E-state index < -0.39 is 21.2 Å². The summed E-state index contributed by atoms with van der Waals surface area (Å²) in [6.45, 7) is 2.05. The largest absolute Gasteiger partial charge is 0.397 e. The fourth-order valence-corrected chi connectivity index (χ4v) is 4.90. The summed E-state index contributed by atoms with van der Waals surface area (Å²) in [6.07, 6.45) is 23.8. The molecule has 0 aromatic rings. The Labute approximate surface area is 183 Å². The highest BCUT2D eigenvalue weighted by molar-refractivity contribution is 7.85. The fraction of sp³-hybridized carbons (Fsp3) is 1.00. The van der Waals surface area contributed by atoms with Crippen molar-refractivity contribution in [2.24, 2.45) is 0 Å². The highest BCUT2D eigenvalue weighted by Gasteiger charge is 2.06. The van der Waals surface area contributed by atoms with E-state index in [-0.39, 0.29) is 12.4 Å². The maximum Gasteiger partial charge on any atom is 0.397 e. The van der Waals surface area contributed by atoms with Crippen LogP contribution in [0.4, 0.5) is 0 Å². The summed E-state index contributed by atoms with van der Waals surface area (Å²) >= 11 is 0. The second kappa shape index (κ2) is 21.3. The van der Waals surface area contributed by atoms with Crippen LogP contribution < -0.4 is 0 Å². The third-order valence-corrected chi connectivity index (χ3v) is 7.10. The predicted molar refractivity (Wildman–Crippen MR) is 124 cm³/mol. The van der Waals surface area contributed by atoms with Crippen molar-refractivity contribution in [2.45, 2.75) is 122 Å². The minimum atomic E-state index is -4.41. The second-order valence-corrected chi connectivity index (χ2v) is 10.9. The van der Waals surface area contributed by atoms with E-state index in [9.17, 15) is 12.6 Å². The van der Waals surface area contributed by atoms with Crippen LogP contribution in [0.5, 0.6) is 0 Å². The first-order chi connectivity index (χ1) is 14.0. The summed E-state index contributed by atoms with van der Waals surface area (Å²) < 4.78 is 45.0. The molecule has 7 heteroatoms. The molecule has 1 unspecified atom stereocenters. The Morgan fingerprint density at radius 2 is 0.966 bits per heavy atom. The molecule has 0 aliphatic rings. The van der Waals surface area contributed by atoms with E-state index in [0.717, 1.165) is 12.8 Å². The number of hydrogen-bond donors (Lipinski definition) is 1. The van der Waals surface area contributed by atoms with Crippen molar-refractivity contribution in [1.29, 1.82) is 0 Å². The Morgan fingerprint density at radius 1 is 0.621 bits per heavy atom. The van der Waals surface area contributed by atoms with Gasteiger partial charge in [0, 0.05) is 22.3 Å². The summed E-state index contributed by atoms with van der Waals surface area (Å²) in [6, 6.07) is 0. The molecule has 5 nitrogen and oxygen atoms in total. The Bertz CT molecular complexity index is 466. The molecular weight excluding hydrogens is 408 g/mol. The van der Waals surface area contributed by atoms with E-state index in [2.05, 4.69) is 11.1 Å². The van der Waals surface area contributed by atoms with Crippen LogP contribution in [0.15, 0.2) is 0 Å². The minimum absolute atomic E-state index is 0.152. The van der Waals surface area contributed by atoms with Crippen LogP contribution in [0.3, 0.4) is 0 Å². The van der Waals surface area contributed by atoms with Crippen LogP contribution in [-0.4, -0.2) is 35.3 Å². The summed E-state index contributed by atoms with van der Waals surface area (Å²) in [5, 5.41) is 0. The molecule has 0 rings (SSSR count). The van der Waals surface area contributed by atoms with Crippen molar-refractivity contribution in [3.63, 3.8) is 0 Å². The zero-order valence-corrected chi connectivity index (χ0v) is 20.4. The standard InChI is InChI=1S/C22H46O5S2/c1-2-3-4-5-6-7-8-9-10-11-12-13-14-15-16-17-18-19-21-28(23)22-20-27-29(24,25)26/h2-22H2,1H3,(H,24,25,26). The SMILES string of the molecule is CCCCCCCCCCCCCCCCCCCCS(=O)CCOS(=O)(=O)O. The average molecular weight is 455 g/mol. The lowest BCUT2D eigenvalue weighted by molar-refractivity contribution is 0.284. The molecule has 0 aromatic heterocycles. The molecular formula is C22H46O5S2. The summed E-state index contributed by atoms with van der Waals surface area (Å²) in [7, 11) is -5.48. The van der Waals surface area contributed by atoms with Crippen molar-refractivity contribution in [3.8, 4) is 0 Å². The van der Waals surface area contributed by atoms with Gasteiger partial charge in [0.2, 0.25) is 0 Å². The molecule has 1 atom stereocenters. The zero-order chi connectivity index (χ0) is 21.6. The van der Waals surface area contributed by atoms with E-state index in [4.69, 9.17) is 4.55 Å². The second-order valence-electron chi connectivity index (χ2n) is 8.11. The molecule has 29 heavy (non-hydrogen) atoms. The Balaban J connectivity index is 3.16. The van der Waals surface area contributed by atoms with Gasteiger partial charge in [-0.1, -0.05) is 116 Å². The van der Waals surface area contributed by atoms with Crippen molar-refractivity contribution >= 4 is 21.2 Å². The lowest BCUT2D eigenvalue weighted by atomic mass is 10.0. The number of unbranched alkanes of at least 4 members (excludes halogenated alkanes) is 17. The normalized spacial score (nSPS) is 13.0. The maximum absolute atomic E-state index is 11.7. The molecule has 1 N–H and O–H groups in total. The molecule has 0 aliphatic carbocycles. The van der Waals surface area contributed by atoms with Crippen LogP contribution in [0.1, 0.15) is 122 Å². The predicted octanol–water partition coefficient (Wildman–Crippen LogP) is 6.60. The van der Waals surface area contributed by atoms with Crippen LogP contribution in [-0.2, 0) is 25.4 Å². The molecule has 0 aliphatic heterocycles. The molecule has 0 radical (unpaired) electrons. The maximum atomic E-state index is 11.7. The Hall–Kier alpha value is 0.0200. The molecule has 0 amide bonds. The van der Waals surface area contributed by atoms with Gasteiger partial charge in [-0.05, 0) is 6.42 Å². The first-order valence-corrected chi connectivity index (χ1v) is 14.8. The third kappa shape index (κ3) is 26.0. The Kier molecular flexibility index (Phi) is 21.3. The van der Waals surface area contributed by atoms with Crippen molar-refractivity contribution in [3.05, 3.63) is 0 Å². The lowest BCUT2D eigenvalue weighted by Gasteiger charge is -2.04. The summed E-state index contributed by atoms with van der Waals surface area (Å²) in [5.74, 6) is 0.728. The number of hydrogen-bond acceptors (Lipinski definition) is 4. The highest BCUT2D eigenvalue weighted by Crippen LogP contribution is 2.14. The zero-order valence-electron chi connectivity index (χ0n) is 18.7. The fourth-order valence-electron chi connectivity index (χ4n) is 3.50. The molecule has 0 saturated heterocycles. The monoisotopic (exact) mass is 454 g/mol. The van der Waals surface area contributed by atoms with E-state index in [1.54, 1.807) is 0 Å². The van der Waals surface area contributed by atoms with Gasteiger partial charge in [0.05, 0.1) is 6.61 Å². The minimum Gasteiger partial charge on any atom is -0.264 e. The van der Waals surface area contributed by atoms with E-state index in [0.29, 0.717) is 5.75 Å². The van der Waals surface area contributed by atoms with Crippen molar-refractivity contribution in [1.82, 2.24) is 0 Å². The first kappa shape index (κ1) is 29.0. The van der Waals surface area contributed by atoms with Crippen LogP contribution in [0.25, 0.3) is 0 Å². The van der Waals surface area contributed by atoms with Crippen molar-refractivity contribution in [2.75, 3.05) is 18.1 Å². The van der Waals surface area contributed by atoms with Gasteiger partial charge in [-0.3, -0.25) is 8.76 Å². The van der Waals surface area contributed by atoms with Gasteiger partial charge < -0.3 is 0 Å². The summed E-state index contributed by atoms with van der Waals surface area (Å²) in [5.41, 5.74) is 0. The van der Waals surface area contributed by atoms with Gasteiger partial charge in [-0.15, -0.1) is 0 Å². The quantitative estimate of drug-likeness (QED) is 0.139. The Morgan fingerprint density at radius 3 is 1.31 bits per heavy atom. The molecule has 0 heterocycles. The smallest absolute Gasteiger partial charge is 0.264 e. The van der Waals surface area contributed by atoms with Gasteiger partial charge in [0.15, 0.2) is 0 Å². The van der Waals surface area contributed by atoms with Crippen molar-refractivity contribution < 1.29 is 21.4 Å². The van der Waals surface area contributed by atoms with E-state index in [1.165, 1.54) is 103 Å². The van der Waals surface area contributed by atoms with Gasteiger partial charge in [0.1, 0.15) is 0 Å². The molecule has 0 aromatic carbocycles. The average Bonchev–Trinajstić information content (AvgIpc) is 2.66. The molecule has 0 fully saturated rings. The molecule has 0 spiro atoms. The third-order valence-electron chi connectivity index (χ3n) is 5.27. The van der Waals surface area contributed by atoms with E-state index >= 15 is 0 Å². The molecule has 0 saturated carbocycles. The summed E-state index contributed by atoms with van der Waals surface area (Å²) in [4.78, 5) is 0. The number of rotatable bonds is 23. The van der Waals surface area contributed by atoms with Crippen LogP contribution >= 0.6 is 0 Å². The lowest BCUT2D eigenvalue weighted by Crippen LogP contribution is -2.12. The highest BCUT2D eigenvalue weighted by atomic mass is 32.3. The molecule has 176 valence electrons. The van der Waals surface area contributed by atoms with Gasteiger partial charge in [-0.25, -0.2) is 4.18 Å². The van der Waals surface area contributed by atoms with Crippen LogP contribution in [0.2, 0.25) is 0 Å². The van der Waals surface area contributed by atoms with Gasteiger partial charge >= 0.3 is 10.4 Å². The van der Waals surface area contributed by atoms with Crippen LogP contribution in [0, 0.1) is 0 Å². The topological polar surface area (TPSA) is 80.7 Å².